The number of hydrogen-bond donors (Lipinski definition) is 0. The fourth-order valence-electron chi connectivity index (χ4n) is 1.16. The van der Waals surface area contributed by atoms with Crippen LogP contribution in [0.4, 0.5) is 0 Å². The van der Waals surface area contributed by atoms with E-state index >= 15 is 0 Å². The molecule has 3 nitrogen and oxygen atoms in total. The van der Waals surface area contributed by atoms with Gasteiger partial charge in [0.1, 0.15) is 5.92 Å². The maximum Gasteiger partial charge on any atom is 0.317 e. The molecule has 1 aliphatic rings. The number of rotatable bonds is 2. The number of esters is 1. The van der Waals surface area contributed by atoms with Gasteiger partial charge in [-0.2, -0.15) is 0 Å². The van der Waals surface area contributed by atoms with Crippen LogP contribution < -0.4 is 0 Å². The molecule has 60 valence electrons. The summed E-state index contributed by atoms with van der Waals surface area (Å²) in [4.78, 5) is 21.9. The fraction of sp³-hybridized carbons (Fsp3) is 0.500. The summed E-state index contributed by atoms with van der Waals surface area (Å²) in [5.41, 5.74) is 0. The summed E-state index contributed by atoms with van der Waals surface area (Å²) >= 11 is 0. The molecule has 1 heterocycles. The lowest BCUT2D eigenvalue weighted by Gasteiger charge is -2.03. The Kier molecular flexibility index (Phi) is 2.08. The largest absolute Gasteiger partial charge is 0.465 e. The highest BCUT2D eigenvalue weighted by Crippen LogP contribution is 2.22. The highest BCUT2D eigenvalue weighted by atomic mass is 16.5. The summed E-state index contributed by atoms with van der Waals surface area (Å²) in [7, 11) is 0. The van der Waals surface area contributed by atoms with Crippen molar-refractivity contribution in [3.05, 3.63) is 12.7 Å². The Hall–Kier alpha value is -1.12. The van der Waals surface area contributed by atoms with Crippen molar-refractivity contribution < 1.29 is 14.3 Å². The van der Waals surface area contributed by atoms with Gasteiger partial charge in [0, 0.05) is 5.92 Å². The smallest absolute Gasteiger partial charge is 0.317 e. The summed E-state index contributed by atoms with van der Waals surface area (Å²) in [6.07, 6.45) is 1.17. The van der Waals surface area contributed by atoms with Crippen LogP contribution >= 0.6 is 0 Å². The molecule has 11 heavy (non-hydrogen) atoms. The Labute approximate surface area is 65.0 Å². The normalized spacial score (nSPS) is 29.7. The van der Waals surface area contributed by atoms with E-state index < -0.39 is 11.9 Å². The molecule has 2 atom stereocenters. The Morgan fingerprint density at radius 2 is 2.45 bits per heavy atom. The lowest BCUT2D eigenvalue weighted by atomic mass is 9.93. The number of ketones is 1. The van der Waals surface area contributed by atoms with Crippen molar-refractivity contribution in [2.75, 3.05) is 6.61 Å². The molecule has 0 saturated carbocycles. The van der Waals surface area contributed by atoms with E-state index in [1.165, 1.54) is 6.08 Å². The van der Waals surface area contributed by atoms with Crippen molar-refractivity contribution in [2.45, 2.75) is 6.92 Å². The summed E-state index contributed by atoms with van der Waals surface area (Å²) < 4.78 is 4.69. The first-order valence-corrected chi connectivity index (χ1v) is 3.49. The van der Waals surface area contributed by atoms with Crippen molar-refractivity contribution in [2.24, 2.45) is 11.8 Å². The summed E-state index contributed by atoms with van der Waals surface area (Å²) in [5.74, 6) is -1.26. The number of ether oxygens (including phenoxy) is 1. The summed E-state index contributed by atoms with van der Waals surface area (Å²) in [6, 6.07) is 0. The zero-order chi connectivity index (χ0) is 8.43. The zero-order valence-electron chi connectivity index (χ0n) is 6.37. The van der Waals surface area contributed by atoms with Crippen LogP contribution in [0.25, 0.3) is 0 Å². The Bertz CT molecular complexity index is 207. The van der Waals surface area contributed by atoms with Crippen LogP contribution in [0.15, 0.2) is 12.7 Å². The molecule has 0 bridgehead atoms. The standard InChI is InChI=1S/C8H10O3/c1-3-6(9)7-5(2)4-11-8(7)10/h3,5,7H,1,4H2,2H3. The van der Waals surface area contributed by atoms with Crippen LogP contribution in [0.5, 0.6) is 0 Å². The van der Waals surface area contributed by atoms with Crippen molar-refractivity contribution in [1.82, 2.24) is 0 Å². The number of allylic oxidation sites excluding steroid dienone is 1. The first-order valence-electron chi connectivity index (χ1n) is 3.49. The highest BCUT2D eigenvalue weighted by Gasteiger charge is 2.37. The summed E-state index contributed by atoms with van der Waals surface area (Å²) in [5, 5.41) is 0. The Balaban J connectivity index is 2.76. The topological polar surface area (TPSA) is 43.4 Å². The molecular formula is C8H10O3. The number of carbonyl (C=O) groups excluding carboxylic acids is 2. The molecule has 0 spiro atoms. The minimum Gasteiger partial charge on any atom is -0.465 e. The van der Waals surface area contributed by atoms with Gasteiger partial charge in [-0.1, -0.05) is 13.5 Å². The van der Waals surface area contributed by atoms with Gasteiger partial charge in [0.05, 0.1) is 6.61 Å². The SMILES string of the molecule is C=CC(=O)C1C(=O)OCC1C. The number of cyclic esters (lactones) is 1. The molecule has 0 aromatic heterocycles. The molecular weight excluding hydrogens is 144 g/mol. The van der Waals surface area contributed by atoms with Crippen LogP contribution in [0, 0.1) is 11.8 Å². The van der Waals surface area contributed by atoms with Gasteiger partial charge in [-0.25, -0.2) is 0 Å². The average Bonchev–Trinajstić information content (AvgIpc) is 2.30. The molecule has 0 aromatic rings. The second-order valence-electron chi connectivity index (χ2n) is 2.69. The molecule has 0 amide bonds. The highest BCUT2D eigenvalue weighted by molar-refractivity contribution is 6.05. The first kappa shape index (κ1) is 7.98. The van der Waals surface area contributed by atoms with Gasteiger partial charge in [0.25, 0.3) is 0 Å². The van der Waals surface area contributed by atoms with Gasteiger partial charge < -0.3 is 4.74 Å². The zero-order valence-corrected chi connectivity index (χ0v) is 6.37. The van der Waals surface area contributed by atoms with Crippen molar-refractivity contribution >= 4 is 11.8 Å². The van der Waals surface area contributed by atoms with Gasteiger partial charge >= 0.3 is 5.97 Å². The van der Waals surface area contributed by atoms with Crippen LogP contribution in [0.2, 0.25) is 0 Å². The predicted octanol–water partition coefficient (Wildman–Crippen LogP) is 0.551. The Morgan fingerprint density at radius 3 is 2.82 bits per heavy atom. The third-order valence-corrected chi connectivity index (χ3v) is 1.82. The molecule has 1 aliphatic heterocycles. The molecule has 0 N–H and O–H groups in total. The maximum atomic E-state index is 11.0. The van der Waals surface area contributed by atoms with Gasteiger partial charge in [0.15, 0.2) is 5.78 Å². The van der Waals surface area contributed by atoms with E-state index in [0.29, 0.717) is 6.61 Å². The van der Waals surface area contributed by atoms with E-state index in [9.17, 15) is 9.59 Å². The number of carbonyl (C=O) groups is 2. The van der Waals surface area contributed by atoms with E-state index in [1.54, 1.807) is 0 Å². The van der Waals surface area contributed by atoms with Gasteiger partial charge in [-0.15, -0.1) is 0 Å². The third-order valence-electron chi connectivity index (χ3n) is 1.82. The van der Waals surface area contributed by atoms with Crippen LogP contribution in [0.3, 0.4) is 0 Å². The minimum atomic E-state index is -0.604. The molecule has 1 fully saturated rings. The molecule has 0 radical (unpaired) electrons. The molecule has 3 heteroatoms. The van der Waals surface area contributed by atoms with Crippen molar-refractivity contribution in [3.8, 4) is 0 Å². The average molecular weight is 154 g/mol. The lowest BCUT2D eigenvalue weighted by molar-refractivity contribution is -0.143. The number of hydrogen-bond acceptors (Lipinski definition) is 3. The third kappa shape index (κ3) is 1.31. The summed E-state index contributed by atoms with van der Waals surface area (Å²) in [6.45, 7) is 5.48. The quantitative estimate of drug-likeness (QED) is 0.331. The van der Waals surface area contributed by atoms with Crippen LogP contribution in [-0.4, -0.2) is 18.4 Å². The van der Waals surface area contributed by atoms with Gasteiger partial charge in [-0.3, -0.25) is 9.59 Å². The lowest BCUT2D eigenvalue weighted by Crippen LogP contribution is -2.22. The van der Waals surface area contributed by atoms with Gasteiger partial charge in [-0.05, 0) is 6.08 Å². The first-order chi connectivity index (χ1) is 5.16. The molecule has 0 aromatic carbocycles. The van der Waals surface area contributed by atoms with Gasteiger partial charge in [0.2, 0.25) is 0 Å². The van der Waals surface area contributed by atoms with Crippen molar-refractivity contribution in [1.29, 1.82) is 0 Å². The molecule has 2 unspecified atom stereocenters. The van der Waals surface area contributed by atoms with E-state index in [4.69, 9.17) is 4.74 Å². The van der Waals surface area contributed by atoms with Crippen molar-refractivity contribution in [3.63, 3.8) is 0 Å². The minimum absolute atomic E-state index is 0.00648. The Morgan fingerprint density at radius 1 is 1.82 bits per heavy atom. The second kappa shape index (κ2) is 2.86. The van der Waals surface area contributed by atoms with E-state index in [-0.39, 0.29) is 11.7 Å². The van der Waals surface area contributed by atoms with E-state index in [2.05, 4.69) is 6.58 Å². The molecule has 1 rings (SSSR count). The molecule has 0 aliphatic carbocycles. The van der Waals surface area contributed by atoms with Crippen LogP contribution in [-0.2, 0) is 14.3 Å². The second-order valence-corrected chi connectivity index (χ2v) is 2.69. The molecule has 1 saturated heterocycles. The predicted molar refractivity (Wildman–Crippen MR) is 38.8 cm³/mol. The monoisotopic (exact) mass is 154 g/mol. The van der Waals surface area contributed by atoms with Crippen LogP contribution in [0.1, 0.15) is 6.92 Å². The van der Waals surface area contributed by atoms with E-state index in [1.807, 2.05) is 6.92 Å². The fourth-order valence-corrected chi connectivity index (χ4v) is 1.16. The van der Waals surface area contributed by atoms with E-state index in [0.717, 1.165) is 0 Å². The maximum absolute atomic E-state index is 11.0.